The molecule has 4 aromatic rings. The third-order valence-electron chi connectivity index (χ3n) is 7.84. The van der Waals surface area contributed by atoms with Gasteiger partial charge < -0.3 is 16.4 Å². The first-order valence-electron chi connectivity index (χ1n) is 13.7. The number of carbonyl (C=O) groups excluding carboxylic acids is 1. The Kier molecular flexibility index (Phi) is 7.53. The summed E-state index contributed by atoms with van der Waals surface area (Å²) in [6.45, 7) is 8.84. The van der Waals surface area contributed by atoms with E-state index in [0.29, 0.717) is 63.5 Å². The Morgan fingerprint density at radius 1 is 1.21 bits per heavy atom. The van der Waals surface area contributed by atoms with Crippen molar-refractivity contribution < 1.29 is 4.79 Å². The third-order valence-corrected chi connectivity index (χ3v) is 8.13. The molecule has 1 saturated carbocycles. The number of aromatic nitrogens is 4. The second-order valence-electron chi connectivity index (χ2n) is 12.0. The highest BCUT2D eigenvalue weighted by molar-refractivity contribution is 6.35. The third kappa shape index (κ3) is 5.22. The van der Waals surface area contributed by atoms with Gasteiger partial charge in [0.25, 0.3) is 0 Å². The number of rotatable bonds is 8. The number of primary amides is 1. The van der Waals surface area contributed by atoms with Crippen molar-refractivity contribution in [3.05, 3.63) is 75.7 Å². The monoisotopic (exact) mass is 581 g/mol. The smallest absolute Gasteiger partial charge is 0.245 e. The molecule has 0 radical (unpaired) electrons. The van der Waals surface area contributed by atoms with E-state index in [1.54, 1.807) is 23.0 Å². The molecule has 2 heterocycles. The molecule has 0 bridgehead atoms. The number of anilines is 2. The Hall–Kier alpha value is -4.67. The molecule has 1 aliphatic rings. The van der Waals surface area contributed by atoms with Crippen LogP contribution in [0.3, 0.4) is 0 Å². The minimum Gasteiger partial charge on any atom is -0.383 e. The summed E-state index contributed by atoms with van der Waals surface area (Å²) < 4.78 is 1.57. The molecule has 0 spiro atoms. The molecule has 4 N–H and O–H groups in total. The summed E-state index contributed by atoms with van der Waals surface area (Å²) in [6.07, 6.45) is 5.35. The molecule has 0 saturated heterocycles. The van der Waals surface area contributed by atoms with Gasteiger partial charge in [-0.3, -0.25) is 9.78 Å². The number of nitrogens with one attached hydrogen (secondary N) is 2. The maximum Gasteiger partial charge on any atom is 0.245 e. The second-order valence-corrected chi connectivity index (χ2v) is 12.4. The number of nitrogens with two attached hydrogens (primary N) is 1. The average molecular weight is 582 g/mol. The van der Waals surface area contributed by atoms with Crippen LogP contribution < -0.4 is 16.4 Å². The van der Waals surface area contributed by atoms with Crippen LogP contribution in [-0.4, -0.2) is 32.4 Å². The van der Waals surface area contributed by atoms with Gasteiger partial charge in [0, 0.05) is 23.8 Å². The highest BCUT2D eigenvalue weighted by atomic mass is 35.5. The topological polar surface area (TPSA) is 158 Å². The molecule has 1 fully saturated rings. The van der Waals surface area contributed by atoms with Gasteiger partial charge in [-0.15, -0.1) is 5.10 Å². The fourth-order valence-electron chi connectivity index (χ4n) is 5.25. The van der Waals surface area contributed by atoms with Crippen LogP contribution in [0.1, 0.15) is 74.0 Å². The van der Waals surface area contributed by atoms with Crippen LogP contribution in [0.4, 0.5) is 11.4 Å². The molecule has 1 atom stereocenters. The lowest BCUT2D eigenvalue weighted by Gasteiger charge is -2.38. The zero-order chi connectivity index (χ0) is 30.2. The number of nitriles is 2. The standard InChI is InChI=1S/C31H32ClN9O/c1-18-19(13-33)7-5-8-22(18)28(25-16-41(40-39-25)31(29(35)42)9-6-10-31)38-21-11-23-26(37-17-30(2,3)4)20(14-34)15-36-27(23)24(32)12-21/h5,7-8,11-12,15-16,28,38H,6,9-10,17H2,1-4H3,(H2,35,42)(H,36,37). The molecule has 0 aliphatic heterocycles. The Balaban J connectivity index is 1.64. The number of fused-ring (bicyclic) bond motifs is 1. The lowest BCUT2D eigenvalue weighted by atomic mass is 9.76. The van der Waals surface area contributed by atoms with Crippen molar-refractivity contribution >= 4 is 39.8 Å². The van der Waals surface area contributed by atoms with Gasteiger partial charge in [-0.05, 0) is 60.9 Å². The minimum atomic E-state index is -0.890. The summed E-state index contributed by atoms with van der Waals surface area (Å²) in [5, 5.41) is 36.4. The number of carbonyl (C=O) groups is 1. The molecular weight excluding hydrogens is 550 g/mol. The summed E-state index contributed by atoms with van der Waals surface area (Å²) in [4.78, 5) is 16.8. The molecular formula is C31H32ClN9O. The van der Waals surface area contributed by atoms with Crippen LogP contribution in [0.15, 0.2) is 42.7 Å². The molecule has 214 valence electrons. The van der Waals surface area contributed by atoms with Crippen molar-refractivity contribution in [1.82, 2.24) is 20.0 Å². The molecule has 1 unspecified atom stereocenters. The van der Waals surface area contributed by atoms with Gasteiger partial charge in [-0.2, -0.15) is 10.5 Å². The van der Waals surface area contributed by atoms with Gasteiger partial charge in [0.15, 0.2) is 0 Å². The normalized spacial score (nSPS) is 14.8. The van der Waals surface area contributed by atoms with Crippen LogP contribution >= 0.6 is 11.6 Å². The van der Waals surface area contributed by atoms with E-state index in [2.05, 4.69) is 58.8 Å². The highest BCUT2D eigenvalue weighted by Crippen LogP contribution is 2.40. The zero-order valence-corrected chi connectivity index (χ0v) is 24.8. The van der Waals surface area contributed by atoms with E-state index in [0.717, 1.165) is 17.5 Å². The van der Waals surface area contributed by atoms with Crippen molar-refractivity contribution in [3.63, 3.8) is 0 Å². The van der Waals surface area contributed by atoms with E-state index < -0.39 is 17.5 Å². The Morgan fingerprint density at radius 2 is 1.95 bits per heavy atom. The summed E-state index contributed by atoms with van der Waals surface area (Å²) in [5.74, 6) is -0.435. The summed E-state index contributed by atoms with van der Waals surface area (Å²) >= 11 is 6.76. The van der Waals surface area contributed by atoms with Gasteiger partial charge in [0.2, 0.25) is 5.91 Å². The molecule has 2 aromatic carbocycles. The molecule has 2 aromatic heterocycles. The SMILES string of the molecule is Cc1c(C#N)cccc1C(Nc1cc(Cl)c2ncc(C#N)c(NCC(C)(C)C)c2c1)c1cn(C2(C(N)=O)CCC2)nn1. The second kappa shape index (κ2) is 11.0. The van der Waals surface area contributed by atoms with Crippen LogP contribution in [0, 0.1) is 35.0 Å². The van der Waals surface area contributed by atoms with E-state index in [4.69, 9.17) is 17.3 Å². The van der Waals surface area contributed by atoms with Gasteiger partial charge in [0.05, 0.1) is 45.7 Å². The minimum absolute atomic E-state index is 0.0368. The summed E-state index contributed by atoms with van der Waals surface area (Å²) in [6, 6.07) is 13.1. The van der Waals surface area contributed by atoms with Crippen LogP contribution in [-0.2, 0) is 10.3 Å². The number of hydrogen-bond acceptors (Lipinski definition) is 8. The average Bonchev–Trinajstić information content (AvgIpc) is 3.39. The van der Waals surface area contributed by atoms with E-state index in [1.807, 2.05) is 25.1 Å². The maximum absolute atomic E-state index is 12.4. The fourth-order valence-corrected chi connectivity index (χ4v) is 5.52. The molecule has 1 aliphatic carbocycles. The number of benzene rings is 2. The Bertz CT molecular complexity index is 1770. The highest BCUT2D eigenvalue weighted by Gasteiger charge is 2.46. The molecule has 5 rings (SSSR count). The van der Waals surface area contributed by atoms with Crippen molar-refractivity contribution in [3.8, 4) is 12.1 Å². The molecule has 10 nitrogen and oxygen atoms in total. The quantitative estimate of drug-likeness (QED) is 0.244. The Morgan fingerprint density at radius 3 is 2.57 bits per heavy atom. The number of hydrogen-bond donors (Lipinski definition) is 3. The van der Waals surface area contributed by atoms with Crippen molar-refractivity contribution in [1.29, 1.82) is 10.5 Å². The van der Waals surface area contributed by atoms with Crippen molar-refractivity contribution in [2.24, 2.45) is 11.1 Å². The van der Waals surface area contributed by atoms with Gasteiger partial charge in [0.1, 0.15) is 17.3 Å². The fraction of sp³-hybridized carbons (Fsp3) is 0.355. The summed E-state index contributed by atoms with van der Waals surface area (Å²) in [5.41, 5.74) is 9.81. The first-order chi connectivity index (χ1) is 20.0. The largest absolute Gasteiger partial charge is 0.383 e. The van der Waals surface area contributed by atoms with E-state index >= 15 is 0 Å². The van der Waals surface area contributed by atoms with Gasteiger partial charge in [-0.1, -0.05) is 49.7 Å². The number of nitrogens with zero attached hydrogens (tertiary/aromatic N) is 6. The van der Waals surface area contributed by atoms with Crippen LogP contribution in [0.2, 0.25) is 5.02 Å². The maximum atomic E-state index is 12.4. The van der Waals surface area contributed by atoms with Crippen LogP contribution in [0.5, 0.6) is 0 Å². The Labute approximate surface area is 249 Å². The predicted molar refractivity (Wildman–Crippen MR) is 162 cm³/mol. The predicted octanol–water partition coefficient (Wildman–Crippen LogP) is 5.56. The van der Waals surface area contributed by atoms with E-state index in [9.17, 15) is 15.3 Å². The molecule has 42 heavy (non-hydrogen) atoms. The first kappa shape index (κ1) is 28.8. The number of pyridine rings is 1. The van der Waals surface area contributed by atoms with Crippen LogP contribution in [0.25, 0.3) is 10.9 Å². The molecule has 11 heteroatoms. The van der Waals surface area contributed by atoms with Crippen molar-refractivity contribution in [2.45, 2.75) is 58.5 Å². The number of amides is 1. The van der Waals surface area contributed by atoms with Gasteiger partial charge >= 0.3 is 0 Å². The lowest BCUT2D eigenvalue weighted by molar-refractivity contribution is -0.131. The lowest BCUT2D eigenvalue weighted by Crippen LogP contribution is -2.51. The first-order valence-corrected chi connectivity index (χ1v) is 14.1. The summed E-state index contributed by atoms with van der Waals surface area (Å²) in [7, 11) is 0. The van der Waals surface area contributed by atoms with Gasteiger partial charge in [-0.25, -0.2) is 4.68 Å². The molecule has 1 amide bonds. The van der Waals surface area contributed by atoms with E-state index in [-0.39, 0.29) is 5.41 Å². The van der Waals surface area contributed by atoms with E-state index in [1.165, 1.54) is 6.20 Å². The van der Waals surface area contributed by atoms with Crippen molar-refractivity contribution in [2.75, 3.05) is 17.2 Å². The zero-order valence-electron chi connectivity index (χ0n) is 24.0. The number of halogens is 1.